The molecule has 0 aromatic heterocycles. The van der Waals surface area contributed by atoms with E-state index in [9.17, 15) is 4.79 Å². The minimum atomic E-state index is -0.110. The molecular weight excluding hydrogens is 270 g/mol. The molecule has 1 heterocycles. The number of ether oxygens (including phenoxy) is 1. The van der Waals surface area contributed by atoms with E-state index < -0.39 is 0 Å². The maximum Gasteiger partial charge on any atom is 0.317 e. The van der Waals surface area contributed by atoms with Crippen LogP contribution in [0.2, 0.25) is 0 Å². The lowest BCUT2D eigenvalue weighted by Crippen LogP contribution is -2.43. The van der Waals surface area contributed by atoms with Crippen molar-refractivity contribution >= 4 is 6.03 Å². The fourth-order valence-electron chi connectivity index (χ4n) is 2.45. The van der Waals surface area contributed by atoms with Crippen LogP contribution in [0.25, 0.3) is 10.4 Å². The van der Waals surface area contributed by atoms with Crippen LogP contribution in [-0.2, 0) is 6.54 Å². The zero-order chi connectivity index (χ0) is 15.1. The number of benzene rings is 1. The molecule has 2 amide bonds. The largest absolute Gasteiger partial charge is 0.497 e. The molecule has 112 valence electrons. The fourth-order valence-corrected chi connectivity index (χ4v) is 2.45. The van der Waals surface area contributed by atoms with Gasteiger partial charge in [0.1, 0.15) is 5.75 Å². The van der Waals surface area contributed by atoms with Gasteiger partial charge in [0.15, 0.2) is 0 Å². The Balaban J connectivity index is 1.86. The third-order valence-corrected chi connectivity index (χ3v) is 3.60. The van der Waals surface area contributed by atoms with Gasteiger partial charge in [-0.15, -0.1) is 0 Å². The van der Waals surface area contributed by atoms with E-state index in [0.717, 1.165) is 24.2 Å². The molecule has 2 rings (SSSR count). The molecule has 1 saturated heterocycles. The maximum absolute atomic E-state index is 12.2. The summed E-state index contributed by atoms with van der Waals surface area (Å²) >= 11 is 0. The Morgan fingerprint density at radius 1 is 1.52 bits per heavy atom. The number of hydrogen-bond donors (Lipinski definition) is 1. The summed E-state index contributed by atoms with van der Waals surface area (Å²) < 4.78 is 5.09. The van der Waals surface area contributed by atoms with Crippen LogP contribution in [0.4, 0.5) is 4.79 Å². The van der Waals surface area contributed by atoms with Crippen LogP contribution in [0.3, 0.4) is 0 Å². The molecular formula is C14H19N5O2. The van der Waals surface area contributed by atoms with Crippen LogP contribution < -0.4 is 10.1 Å². The van der Waals surface area contributed by atoms with E-state index in [-0.39, 0.29) is 12.1 Å². The predicted octanol–water partition coefficient (Wildman–Crippen LogP) is 2.68. The third-order valence-electron chi connectivity index (χ3n) is 3.60. The van der Waals surface area contributed by atoms with Gasteiger partial charge in [-0.25, -0.2) is 4.79 Å². The summed E-state index contributed by atoms with van der Waals surface area (Å²) in [6.45, 7) is 1.51. The van der Waals surface area contributed by atoms with E-state index in [0.29, 0.717) is 19.6 Å². The second-order valence-corrected chi connectivity index (χ2v) is 4.91. The van der Waals surface area contributed by atoms with E-state index in [4.69, 9.17) is 10.3 Å². The SMILES string of the molecule is COc1ccc(CNC(=O)N2CCCC2CN=[N+]=[N-])cc1. The van der Waals surface area contributed by atoms with Crippen molar-refractivity contribution < 1.29 is 9.53 Å². The van der Waals surface area contributed by atoms with Crippen molar-refractivity contribution in [3.63, 3.8) is 0 Å². The van der Waals surface area contributed by atoms with Gasteiger partial charge in [-0.05, 0) is 36.1 Å². The standard InChI is InChI=1S/C14H19N5O2/c1-21-13-6-4-11(5-7-13)9-16-14(20)19-8-2-3-12(19)10-17-18-15/h4-7,12H,2-3,8-10H2,1H3,(H,16,20). The van der Waals surface area contributed by atoms with Crippen molar-refractivity contribution in [2.24, 2.45) is 5.11 Å². The predicted molar refractivity (Wildman–Crippen MR) is 79.0 cm³/mol. The number of urea groups is 1. The second-order valence-electron chi connectivity index (χ2n) is 4.91. The number of nitrogens with one attached hydrogen (secondary N) is 1. The van der Waals surface area contributed by atoms with Gasteiger partial charge in [0, 0.05) is 30.6 Å². The van der Waals surface area contributed by atoms with Crippen molar-refractivity contribution in [2.75, 3.05) is 20.2 Å². The van der Waals surface area contributed by atoms with Crippen LogP contribution in [0.15, 0.2) is 29.4 Å². The average Bonchev–Trinajstić information content (AvgIpc) is 2.99. The number of carbonyl (C=O) groups excluding carboxylic acids is 1. The summed E-state index contributed by atoms with van der Waals surface area (Å²) in [6, 6.07) is 7.46. The van der Waals surface area contributed by atoms with E-state index in [2.05, 4.69) is 15.3 Å². The number of nitrogens with zero attached hydrogens (tertiary/aromatic N) is 4. The van der Waals surface area contributed by atoms with Gasteiger partial charge in [0.2, 0.25) is 0 Å². The quantitative estimate of drug-likeness (QED) is 0.513. The summed E-state index contributed by atoms with van der Waals surface area (Å²) in [7, 11) is 1.62. The number of hydrogen-bond acceptors (Lipinski definition) is 3. The molecule has 1 aromatic rings. The first kappa shape index (κ1) is 15.0. The van der Waals surface area contributed by atoms with Crippen LogP contribution in [0.1, 0.15) is 18.4 Å². The highest BCUT2D eigenvalue weighted by Crippen LogP contribution is 2.18. The van der Waals surface area contributed by atoms with Gasteiger partial charge < -0.3 is 15.0 Å². The lowest BCUT2D eigenvalue weighted by Gasteiger charge is -2.23. The van der Waals surface area contributed by atoms with Crippen LogP contribution >= 0.6 is 0 Å². The molecule has 0 saturated carbocycles. The van der Waals surface area contributed by atoms with Crippen LogP contribution in [-0.4, -0.2) is 37.2 Å². The minimum absolute atomic E-state index is 0.0109. The maximum atomic E-state index is 12.2. The smallest absolute Gasteiger partial charge is 0.317 e. The molecule has 1 aromatic carbocycles. The third kappa shape index (κ3) is 4.03. The normalized spacial score (nSPS) is 17.2. The van der Waals surface area contributed by atoms with Crippen molar-refractivity contribution in [1.29, 1.82) is 0 Å². The number of rotatable bonds is 5. The van der Waals surface area contributed by atoms with Crippen molar-refractivity contribution in [2.45, 2.75) is 25.4 Å². The summed E-state index contributed by atoms with van der Waals surface area (Å²) in [5.41, 5.74) is 9.38. The first-order valence-corrected chi connectivity index (χ1v) is 6.93. The number of likely N-dealkylation sites (tertiary alicyclic amines) is 1. The highest BCUT2D eigenvalue weighted by atomic mass is 16.5. The van der Waals surface area contributed by atoms with Crippen LogP contribution in [0, 0.1) is 0 Å². The molecule has 1 fully saturated rings. The Hall–Kier alpha value is -2.40. The van der Waals surface area contributed by atoms with E-state index in [1.165, 1.54) is 0 Å². The van der Waals surface area contributed by atoms with Crippen LogP contribution in [0.5, 0.6) is 5.75 Å². The molecule has 0 aliphatic carbocycles. The Bertz CT molecular complexity index is 525. The van der Waals surface area contributed by atoms with Crippen molar-refractivity contribution in [3.8, 4) is 5.75 Å². The van der Waals surface area contributed by atoms with Gasteiger partial charge in [-0.1, -0.05) is 17.2 Å². The summed E-state index contributed by atoms with van der Waals surface area (Å²) in [6.07, 6.45) is 1.83. The average molecular weight is 289 g/mol. The molecule has 1 unspecified atom stereocenters. The first-order chi connectivity index (χ1) is 10.2. The molecule has 1 atom stereocenters. The van der Waals surface area contributed by atoms with Gasteiger partial charge in [0.25, 0.3) is 0 Å². The summed E-state index contributed by atoms with van der Waals surface area (Å²) in [5, 5.41) is 6.46. The van der Waals surface area contributed by atoms with Gasteiger partial charge in [-0.3, -0.25) is 0 Å². The number of carbonyl (C=O) groups is 1. The van der Waals surface area contributed by atoms with Gasteiger partial charge in [0.05, 0.1) is 7.11 Å². The summed E-state index contributed by atoms with van der Waals surface area (Å²) in [5.74, 6) is 0.791. The molecule has 7 heteroatoms. The lowest BCUT2D eigenvalue weighted by molar-refractivity contribution is 0.193. The molecule has 0 radical (unpaired) electrons. The highest BCUT2D eigenvalue weighted by Gasteiger charge is 2.27. The molecule has 1 aliphatic heterocycles. The topological polar surface area (TPSA) is 90.3 Å². The molecule has 0 spiro atoms. The van der Waals surface area contributed by atoms with E-state index in [1.807, 2.05) is 24.3 Å². The van der Waals surface area contributed by atoms with E-state index in [1.54, 1.807) is 12.0 Å². The van der Waals surface area contributed by atoms with Gasteiger partial charge >= 0.3 is 6.03 Å². The Morgan fingerprint density at radius 3 is 2.95 bits per heavy atom. The minimum Gasteiger partial charge on any atom is -0.497 e. The number of methoxy groups -OCH3 is 1. The lowest BCUT2D eigenvalue weighted by atomic mass is 10.2. The zero-order valence-corrected chi connectivity index (χ0v) is 12.0. The Kier molecular flexibility index (Phi) is 5.29. The fraction of sp³-hybridized carbons (Fsp3) is 0.500. The highest BCUT2D eigenvalue weighted by molar-refractivity contribution is 5.74. The Morgan fingerprint density at radius 2 is 2.29 bits per heavy atom. The van der Waals surface area contributed by atoms with Gasteiger partial charge in [-0.2, -0.15) is 0 Å². The van der Waals surface area contributed by atoms with E-state index >= 15 is 0 Å². The molecule has 0 bridgehead atoms. The molecule has 1 N–H and O–H groups in total. The first-order valence-electron chi connectivity index (χ1n) is 6.93. The molecule has 21 heavy (non-hydrogen) atoms. The number of amides is 2. The Labute approximate surface area is 123 Å². The monoisotopic (exact) mass is 289 g/mol. The molecule has 7 nitrogen and oxygen atoms in total. The van der Waals surface area contributed by atoms with Crippen molar-refractivity contribution in [1.82, 2.24) is 10.2 Å². The molecule has 1 aliphatic rings. The summed E-state index contributed by atoms with van der Waals surface area (Å²) in [4.78, 5) is 16.7. The number of azide groups is 1. The second kappa shape index (κ2) is 7.40. The zero-order valence-electron chi connectivity index (χ0n) is 12.0. The van der Waals surface area contributed by atoms with Crippen molar-refractivity contribution in [3.05, 3.63) is 40.3 Å².